The first-order chi connectivity index (χ1) is 8.45. The van der Waals surface area contributed by atoms with E-state index in [9.17, 15) is 18.3 Å². The molecule has 0 aliphatic heterocycles. The molecule has 0 amide bonds. The Bertz CT molecular complexity index is 406. The van der Waals surface area contributed by atoms with Gasteiger partial charge in [-0.15, -0.1) is 0 Å². The molecule has 1 fully saturated rings. The van der Waals surface area contributed by atoms with E-state index in [4.69, 9.17) is 0 Å². The molecule has 1 aromatic carbocycles. The van der Waals surface area contributed by atoms with Gasteiger partial charge in [-0.25, -0.2) is 0 Å². The molecule has 0 radical (unpaired) electrons. The highest BCUT2D eigenvalue weighted by atomic mass is 19.4. The van der Waals surface area contributed by atoms with Crippen LogP contribution in [-0.2, 0) is 12.6 Å². The third-order valence-corrected chi connectivity index (χ3v) is 3.83. The van der Waals surface area contributed by atoms with Crippen molar-refractivity contribution in [1.29, 1.82) is 0 Å². The van der Waals surface area contributed by atoms with Gasteiger partial charge in [0, 0.05) is 6.61 Å². The summed E-state index contributed by atoms with van der Waals surface area (Å²) in [5.74, 6) is 0. The van der Waals surface area contributed by atoms with Crippen LogP contribution in [0.4, 0.5) is 13.2 Å². The molecule has 0 unspecified atom stereocenters. The predicted molar refractivity (Wildman–Crippen MR) is 63.1 cm³/mol. The van der Waals surface area contributed by atoms with Crippen molar-refractivity contribution in [3.63, 3.8) is 0 Å². The van der Waals surface area contributed by atoms with Gasteiger partial charge in [0.1, 0.15) is 0 Å². The predicted octanol–water partition coefficient (Wildman–Crippen LogP) is 3.80. The van der Waals surface area contributed by atoms with Crippen molar-refractivity contribution in [2.45, 2.75) is 38.3 Å². The van der Waals surface area contributed by atoms with E-state index in [0.29, 0.717) is 12.0 Å². The highest BCUT2D eigenvalue weighted by molar-refractivity contribution is 5.26. The fourth-order valence-electron chi connectivity index (χ4n) is 2.81. The summed E-state index contributed by atoms with van der Waals surface area (Å²) in [6.45, 7) is 0.0588. The molecule has 0 bridgehead atoms. The molecular formula is C14H17F3O. The van der Waals surface area contributed by atoms with Gasteiger partial charge in [-0.1, -0.05) is 31.0 Å². The summed E-state index contributed by atoms with van der Waals surface area (Å²) in [5, 5.41) is 9.48. The van der Waals surface area contributed by atoms with Gasteiger partial charge in [-0.05, 0) is 36.3 Å². The maximum Gasteiger partial charge on any atom is 0.416 e. The Labute approximate surface area is 105 Å². The summed E-state index contributed by atoms with van der Waals surface area (Å²) in [5.41, 5.74) is -0.142. The molecular weight excluding hydrogens is 241 g/mol. The number of rotatable bonds is 3. The highest BCUT2D eigenvalue weighted by Gasteiger charge is 2.34. The minimum atomic E-state index is -4.29. The Kier molecular flexibility index (Phi) is 3.66. The first-order valence-electron chi connectivity index (χ1n) is 6.22. The van der Waals surface area contributed by atoms with Crippen LogP contribution in [0.15, 0.2) is 24.3 Å². The van der Waals surface area contributed by atoms with E-state index in [-0.39, 0.29) is 12.0 Å². The second kappa shape index (κ2) is 4.92. The molecule has 2 rings (SSSR count). The molecule has 0 heterocycles. The van der Waals surface area contributed by atoms with Crippen LogP contribution in [0.1, 0.15) is 36.8 Å². The second-order valence-corrected chi connectivity index (χ2v) is 5.24. The van der Waals surface area contributed by atoms with Crippen molar-refractivity contribution in [1.82, 2.24) is 0 Å². The molecule has 1 nitrogen and oxygen atoms in total. The molecule has 18 heavy (non-hydrogen) atoms. The van der Waals surface area contributed by atoms with E-state index >= 15 is 0 Å². The maximum absolute atomic E-state index is 12.6. The van der Waals surface area contributed by atoms with Crippen LogP contribution in [0.3, 0.4) is 0 Å². The highest BCUT2D eigenvalue weighted by Crippen LogP contribution is 2.41. The van der Waals surface area contributed by atoms with Crippen molar-refractivity contribution in [3.8, 4) is 0 Å². The van der Waals surface area contributed by atoms with Gasteiger partial charge >= 0.3 is 6.18 Å². The maximum atomic E-state index is 12.6. The van der Waals surface area contributed by atoms with Crippen molar-refractivity contribution in [3.05, 3.63) is 35.4 Å². The standard InChI is InChI=1S/C14H17F3O/c15-14(16,17)12-5-3-4-11(8-12)9-13(10-18)6-1-2-7-13/h3-5,8,18H,1-2,6-7,9-10H2. The van der Waals surface area contributed by atoms with Gasteiger partial charge in [-0.3, -0.25) is 0 Å². The molecule has 0 spiro atoms. The Hall–Kier alpha value is -1.03. The van der Waals surface area contributed by atoms with Crippen molar-refractivity contribution in [2.75, 3.05) is 6.61 Å². The zero-order chi connectivity index (χ0) is 13.2. The molecule has 4 heteroatoms. The van der Waals surface area contributed by atoms with Gasteiger partial charge in [0.05, 0.1) is 5.56 Å². The number of aliphatic hydroxyl groups is 1. The van der Waals surface area contributed by atoms with Crippen LogP contribution < -0.4 is 0 Å². The van der Waals surface area contributed by atoms with E-state index in [1.165, 1.54) is 12.1 Å². The normalized spacial score (nSPS) is 19.1. The van der Waals surface area contributed by atoms with Crippen LogP contribution in [0.5, 0.6) is 0 Å². The lowest BCUT2D eigenvalue weighted by Gasteiger charge is -2.26. The number of hydrogen-bond donors (Lipinski definition) is 1. The molecule has 1 aliphatic carbocycles. The lowest BCUT2D eigenvalue weighted by atomic mass is 9.80. The Morgan fingerprint density at radius 3 is 2.39 bits per heavy atom. The van der Waals surface area contributed by atoms with Crippen molar-refractivity contribution >= 4 is 0 Å². The van der Waals surface area contributed by atoms with Gasteiger partial charge in [0.2, 0.25) is 0 Å². The second-order valence-electron chi connectivity index (χ2n) is 5.24. The van der Waals surface area contributed by atoms with Gasteiger partial charge in [0.25, 0.3) is 0 Å². The average Bonchev–Trinajstić information content (AvgIpc) is 2.77. The topological polar surface area (TPSA) is 20.2 Å². The third-order valence-electron chi connectivity index (χ3n) is 3.83. The summed E-state index contributed by atoms with van der Waals surface area (Å²) in [6, 6.07) is 5.45. The van der Waals surface area contributed by atoms with E-state index < -0.39 is 11.7 Å². The van der Waals surface area contributed by atoms with Crippen LogP contribution in [0.2, 0.25) is 0 Å². The van der Waals surface area contributed by atoms with Gasteiger partial charge in [0.15, 0.2) is 0 Å². The number of benzene rings is 1. The smallest absolute Gasteiger partial charge is 0.396 e. The molecule has 1 saturated carbocycles. The van der Waals surface area contributed by atoms with E-state index in [2.05, 4.69) is 0 Å². The van der Waals surface area contributed by atoms with Crippen LogP contribution in [0, 0.1) is 5.41 Å². The van der Waals surface area contributed by atoms with E-state index in [0.717, 1.165) is 31.7 Å². The Balaban J connectivity index is 2.19. The zero-order valence-corrected chi connectivity index (χ0v) is 10.1. The Morgan fingerprint density at radius 2 is 1.83 bits per heavy atom. The summed E-state index contributed by atoms with van der Waals surface area (Å²) < 4.78 is 37.8. The number of hydrogen-bond acceptors (Lipinski definition) is 1. The number of aliphatic hydroxyl groups excluding tert-OH is 1. The third kappa shape index (κ3) is 2.86. The van der Waals surface area contributed by atoms with Crippen LogP contribution in [-0.4, -0.2) is 11.7 Å². The molecule has 0 aromatic heterocycles. The monoisotopic (exact) mass is 258 g/mol. The fourth-order valence-corrected chi connectivity index (χ4v) is 2.81. The van der Waals surface area contributed by atoms with Gasteiger partial charge < -0.3 is 5.11 Å². The van der Waals surface area contributed by atoms with E-state index in [1.807, 2.05) is 0 Å². The van der Waals surface area contributed by atoms with E-state index in [1.54, 1.807) is 6.07 Å². The molecule has 100 valence electrons. The summed E-state index contributed by atoms with van der Waals surface area (Å²) in [7, 11) is 0. The van der Waals surface area contributed by atoms with Crippen molar-refractivity contribution < 1.29 is 18.3 Å². The molecule has 1 aromatic rings. The molecule has 0 atom stereocenters. The molecule has 1 aliphatic rings. The fraction of sp³-hybridized carbons (Fsp3) is 0.571. The molecule has 1 N–H and O–H groups in total. The first-order valence-corrected chi connectivity index (χ1v) is 6.22. The first kappa shape index (κ1) is 13.4. The van der Waals surface area contributed by atoms with Crippen molar-refractivity contribution in [2.24, 2.45) is 5.41 Å². The van der Waals surface area contributed by atoms with Gasteiger partial charge in [-0.2, -0.15) is 13.2 Å². The lowest BCUT2D eigenvalue weighted by molar-refractivity contribution is -0.137. The average molecular weight is 258 g/mol. The minimum Gasteiger partial charge on any atom is -0.396 e. The molecule has 0 saturated heterocycles. The van der Waals surface area contributed by atoms with Crippen LogP contribution in [0.25, 0.3) is 0 Å². The zero-order valence-electron chi connectivity index (χ0n) is 10.1. The lowest BCUT2D eigenvalue weighted by Crippen LogP contribution is -2.24. The number of alkyl halides is 3. The summed E-state index contributed by atoms with van der Waals surface area (Å²) in [6.07, 6.45) is 0.157. The SMILES string of the molecule is OCC1(Cc2cccc(C(F)(F)F)c2)CCCC1. The van der Waals surface area contributed by atoms with Crippen LogP contribution >= 0.6 is 0 Å². The largest absolute Gasteiger partial charge is 0.416 e. The summed E-state index contributed by atoms with van der Waals surface area (Å²) >= 11 is 0. The quantitative estimate of drug-likeness (QED) is 0.874. The summed E-state index contributed by atoms with van der Waals surface area (Å²) in [4.78, 5) is 0. The minimum absolute atomic E-state index is 0.0588. The Morgan fingerprint density at radius 1 is 1.17 bits per heavy atom. The number of halogens is 3.